The molecule has 32 heavy (non-hydrogen) atoms. The third-order valence-corrected chi connectivity index (χ3v) is 6.31. The first-order valence-corrected chi connectivity index (χ1v) is 11.3. The van der Waals surface area contributed by atoms with Crippen molar-refractivity contribution in [2.75, 3.05) is 19.6 Å². The topological polar surface area (TPSA) is 63.3 Å². The van der Waals surface area contributed by atoms with Crippen molar-refractivity contribution in [3.8, 4) is 16.9 Å². The highest BCUT2D eigenvalue weighted by Gasteiger charge is 2.23. The summed E-state index contributed by atoms with van der Waals surface area (Å²) in [6, 6.07) is 20.0. The third kappa shape index (κ3) is 4.11. The van der Waals surface area contributed by atoms with Gasteiger partial charge in [-0.25, -0.2) is 9.48 Å². The summed E-state index contributed by atoms with van der Waals surface area (Å²) in [5.41, 5.74) is 3.32. The van der Waals surface area contributed by atoms with E-state index in [2.05, 4.69) is 17.1 Å². The molecular formula is C26H28N4O2. The molecule has 5 rings (SSSR count). The Balaban J connectivity index is 1.49. The van der Waals surface area contributed by atoms with Gasteiger partial charge in [-0.15, -0.1) is 0 Å². The molecule has 6 heteroatoms. The van der Waals surface area contributed by atoms with Crippen LogP contribution >= 0.6 is 0 Å². The van der Waals surface area contributed by atoms with E-state index in [-0.39, 0.29) is 5.63 Å². The molecule has 164 valence electrons. The molecule has 0 saturated carbocycles. The van der Waals surface area contributed by atoms with Crippen LogP contribution in [0.2, 0.25) is 0 Å². The lowest BCUT2D eigenvalue weighted by molar-refractivity contribution is 0.260. The molecule has 0 bridgehead atoms. The molecule has 0 aliphatic carbocycles. The fourth-order valence-electron chi connectivity index (χ4n) is 4.62. The molecule has 4 aromatic rings. The number of aromatic nitrogens is 2. The van der Waals surface area contributed by atoms with E-state index in [4.69, 9.17) is 9.52 Å². The second-order valence-electron chi connectivity index (χ2n) is 8.32. The largest absolute Gasteiger partial charge is 0.422 e. The van der Waals surface area contributed by atoms with Crippen molar-refractivity contribution in [3.63, 3.8) is 0 Å². The molecule has 1 unspecified atom stereocenters. The minimum absolute atomic E-state index is 0.365. The van der Waals surface area contributed by atoms with Crippen molar-refractivity contribution >= 4 is 11.0 Å². The minimum atomic E-state index is -0.365. The quantitative estimate of drug-likeness (QED) is 0.447. The summed E-state index contributed by atoms with van der Waals surface area (Å²) in [4.78, 5) is 15.4. The first kappa shape index (κ1) is 20.7. The van der Waals surface area contributed by atoms with E-state index < -0.39 is 0 Å². The van der Waals surface area contributed by atoms with Gasteiger partial charge in [0, 0.05) is 36.3 Å². The van der Waals surface area contributed by atoms with Crippen molar-refractivity contribution in [1.82, 2.24) is 20.0 Å². The molecule has 1 fully saturated rings. The molecule has 0 spiro atoms. The molecular weight excluding hydrogens is 400 g/mol. The van der Waals surface area contributed by atoms with Gasteiger partial charge in [0.05, 0.1) is 11.3 Å². The van der Waals surface area contributed by atoms with Gasteiger partial charge in [-0.3, -0.25) is 4.90 Å². The first-order valence-electron chi connectivity index (χ1n) is 11.3. The van der Waals surface area contributed by atoms with Crippen LogP contribution in [0.3, 0.4) is 0 Å². The molecule has 6 nitrogen and oxygen atoms in total. The predicted octanol–water partition coefficient (Wildman–Crippen LogP) is 4.22. The van der Waals surface area contributed by atoms with Crippen LogP contribution < -0.4 is 10.9 Å². The van der Waals surface area contributed by atoms with Crippen molar-refractivity contribution in [3.05, 3.63) is 82.8 Å². The summed E-state index contributed by atoms with van der Waals surface area (Å²) < 4.78 is 7.44. The average Bonchev–Trinajstić information content (AvgIpc) is 3.46. The van der Waals surface area contributed by atoms with Crippen LogP contribution in [0.15, 0.2) is 76.1 Å². The van der Waals surface area contributed by atoms with E-state index >= 15 is 0 Å². The smallest absolute Gasteiger partial charge is 0.345 e. The van der Waals surface area contributed by atoms with E-state index in [9.17, 15) is 4.79 Å². The highest BCUT2D eigenvalue weighted by Crippen LogP contribution is 2.25. The Morgan fingerprint density at radius 2 is 1.94 bits per heavy atom. The van der Waals surface area contributed by atoms with Crippen molar-refractivity contribution in [2.45, 2.75) is 32.4 Å². The Labute approximate surface area is 187 Å². The lowest BCUT2D eigenvalue weighted by Crippen LogP contribution is -2.37. The monoisotopic (exact) mass is 428 g/mol. The van der Waals surface area contributed by atoms with Gasteiger partial charge >= 0.3 is 5.63 Å². The van der Waals surface area contributed by atoms with Gasteiger partial charge in [0.1, 0.15) is 11.3 Å². The number of likely N-dealkylation sites (tertiary alicyclic amines) is 1. The van der Waals surface area contributed by atoms with Crippen LogP contribution in [0.25, 0.3) is 27.9 Å². The Morgan fingerprint density at radius 3 is 2.78 bits per heavy atom. The summed E-state index contributed by atoms with van der Waals surface area (Å²) in [5, 5.41) is 9.31. The van der Waals surface area contributed by atoms with Crippen LogP contribution in [0.5, 0.6) is 0 Å². The number of nitrogens with zero attached hydrogens (tertiary/aromatic N) is 3. The molecule has 1 atom stereocenters. The summed E-state index contributed by atoms with van der Waals surface area (Å²) in [6.07, 6.45) is 4.50. The van der Waals surface area contributed by atoms with Crippen LogP contribution in [-0.2, 0) is 6.54 Å². The van der Waals surface area contributed by atoms with Crippen molar-refractivity contribution in [2.24, 2.45) is 0 Å². The molecule has 1 saturated heterocycles. The molecule has 0 amide bonds. The SMILES string of the molecule is CCN1CCCC1CNCc1cn(-c2ccccc2)nc1-c1cc2ccccc2oc1=O. The number of benzene rings is 2. The maximum atomic E-state index is 12.9. The van der Waals surface area contributed by atoms with Crippen molar-refractivity contribution < 1.29 is 4.42 Å². The Hall–Kier alpha value is -3.22. The number of fused-ring (bicyclic) bond motifs is 1. The molecule has 1 N–H and O–H groups in total. The van der Waals surface area contributed by atoms with E-state index in [1.807, 2.05) is 71.5 Å². The lowest BCUT2D eigenvalue weighted by Gasteiger charge is -2.22. The summed E-state index contributed by atoms with van der Waals surface area (Å²) in [5.74, 6) is 0. The fraction of sp³-hybridized carbons (Fsp3) is 0.308. The van der Waals surface area contributed by atoms with Crippen LogP contribution in [0.1, 0.15) is 25.3 Å². The van der Waals surface area contributed by atoms with Gasteiger partial charge in [0.2, 0.25) is 0 Å². The number of hydrogen-bond donors (Lipinski definition) is 1. The Bertz CT molecular complexity index is 1260. The van der Waals surface area contributed by atoms with E-state index in [0.717, 1.165) is 29.7 Å². The van der Waals surface area contributed by atoms with E-state index in [1.54, 1.807) is 0 Å². The number of likely N-dealkylation sites (N-methyl/N-ethyl adjacent to an activating group) is 1. The van der Waals surface area contributed by atoms with Gasteiger partial charge in [-0.1, -0.05) is 43.3 Å². The van der Waals surface area contributed by atoms with Crippen LogP contribution in [0, 0.1) is 0 Å². The van der Waals surface area contributed by atoms with Gasteiger partial charge in [-0.05, 0) is 50.2 Å². The fourth-order valence-corrected chi connectivity index (χ4v) is 4.62. The summed E-state index contributed by atoms with van der Waals surface area (Å²) >= 11 is 0. The van der Waals surface area contributed by atoms with E-state index in [1.165, 1.54) is 19.4 Å². The zero-order valence-electron chi connectivity index (χ0n) is 18.3. The van der Waals surface area contributed by atoms with Crippen molar-refractivity contribution in [1.29, 1.82) is 0 Å². The number of nitrogens with one attached hydrogen (secondary N) is 1. The molecule has 1 aliphatic rings. The van der Waals surface area contributed by atoms with Crippen LogP contribution in [0.4, 0.5) is 0 Å². The maximum absolute atomic E-state index is 12.9. The Morgan fingerprint density at radius 1 is 1.12 bits per heavy atom. The summed E-state index contributed by atoms with van der Waals surface area (Å²) in [6.45, 7) is 6.05. The van der Waals surface area contributed by atoms with Gasteiger partial charge < -0.3 is 9.73 Å². The zero-order valence-corrected chi connectivity index (χ0v) is 18.3. The highest BCUT2D eigenvalue weighted by atomic mass is 16.4. The average molecular weight is 429 g/mol. The van der Waals surface area contributed by atoms with Crippen LogP contribution in [-0.4, -0.2) is 40.4 Å². The lowest BCUT2D eigenvalue weighted by atomic mass is 10.1. The van der Waals surface area contributed by atoms with Gasteiger partial charge in [0.15, 0.2) is 0 Å². The second kappa shape index (κ2) is 9.10. The molecule has 0 radical (unpaired) electrons. The van der Waals surface area contributed by atoms with E-state index in [0.29, 0.717) is 29.4 Å². The highest BCUT2D eigenvalue weighted by molar-refractivity contribution is 5.81. The molecule has 2 aromatic carbocycles. The standard InChI is InChI=1S/C26H28N4O2/c1-2-29-14-8-12-22(29)17-27-16-20-18-30(21-10-4-3-5-11-21)28-25(20)23-15-19-9-6-7-13-24(19)32-26(23)31/h3-7,9-11,13,15,18,22,27H,2,8,12,14,16-17H2,1H3. The summed E-state index contributed by atoms with van der Waals surface area (Å²) in [7, 11) is 0. The first-order chi connectivity index (χ1) is 15.7. The number of hydrogen-bond acceptors (Lipinski definition) is 5. The van der Waals surface area contributed by atoms with Gasteiger partial charge in [0.25, 0.3) is 0 Å². The zero-order chi connectivity index (χ0) is 21.9. The number of rotatable bonds is 7. The number of para-hydroxylation sites is 2. The Kier molecular flexibility index (Phi) is 5.88. The second-order valence-corrected chi connectivity index (χ2v) is 8.32. The third-order valence-electron chi connectivity index (χ3n) is 6.31. The molecule has 2 aromatic heterocycles. The van der Waals surface area contributed by atoms with Gasteiger partial charge in [-0.2, -0.15) is 5.10 Å². The molecule has 3 heterocycles. The minimum Gasteiger partial charge on any atom is -0.422 e. The maximum Gasteiger partial charge on any atom is 0.345 e. The predicted molar refractivity (Wildman–Crippen MR) is 127 cm³/mol. The molecule has 1 aliphatic heterocycles. The normalized spacial score (nSPS) is 16.7.